The van der Waals surface area contributed by atoms with Gasteiger partial charge in [-0.1, -0.05) is 50.2 Å². The fourth-order valence-corrected chi connectivity index (χ4v) is 19.0. The number of benzene rings is 4. The van der Waals surface area contributed by atoms with Crippen LogP contribution in [0.4, 0.5) is 17.1 Å². The molecule has 1 atom stereocenters. The highest BCUT2D eigenvalue weighted by atomic mass is 16.5. The van der Waals surface area contributed by atoms with Gasteiger partial charge in [-0.05, 0) is 188 Å². The Kier molecular flexibility index (Phi) is 5.31. The second-order valence-corrected chi connectivity index (χ2v) is 23.8. The number of nitrogens with zero attached hydrogens (tertiary/aromatic N) is 4. The van der Waals surface area contributed by atoms with E-state index in [2.05, 4.69) is 130 Å². The Morgan fingerprint density at radius 1 is 0.556 bits per heavy atom. The largest absolute Gasteiger partial charge is 0.404 e. The normalized spacial score (nSPS) is 34.5. The minimum Gasteiger partial charge on any atom is -0.404 e. The monoisotopic (exact) mass is 820 g/mol. The molecule has 1 spiro atoms. The van der Waals surface area contributed by atoms with Crippen molar-refractivity contribution in [2.75, 3.05) is 4.90 Å². The summed E-state index contributed by atoms with van der Waals surface area (Å²) in [7, 11) is 0. The van der Waals surface area contributed by atoms with Gasteiger partial charge in [0, 0.05) is 28.3 Å². The molecule has 0 N–H and O–H groups in total. The average Bonchev–Trinajstić information content (AvgIpc) is 3.76. The Labute approximate surface area is 368 Å². The SMILES string of the molecule is CC1(C)c2ccccc2N2c3cccc4c3C35c6c2c1cc1c2ccccc2n(c61)-c1cc(C26CC7CC(CC(C7)C2)C6)cc([n+]13)-c1cc(C23CC6CC(CC(C6)C2)C3)cc([n+]15)O4. The standard InChI is InChI=1S/C58H52N4O/c1-55(2)41-9-4-6-11-44(41)59-45-12-7-13-48-51(45)58-52-53-40(24-42(55)54(52)59)39-8-3-5-10-43(39)60(53)49-22-37(56-25-31-14-32(26-56)16-33(15-31)27-56)20-46(61(49)58)47-21-38(23-50(63-48)62(47)58)57-28-34-17-35(29-57)19-36(18-34)30-57/h3-13,20-24,31-36H,14-19,25-30H2,1-2H3/q+2. The molecular weight excluding hydrogens is 769 g/mol. The van der Waals surface area contributed by atoms with Crippen LogP contribution < -0.4 is 18.8 Å². The average molecular weight is 821 g/mol. The molecule has 0 saturated heterocycles. The number of hydrogen-bond acceptors (Lipinski definition) is 2. The summed E-state index contributed by atoms with van der Waals surface area (Å²) in [6.07, 6.45) is 16.9. The van der Waals surface area contributed by atoms with Crippen molar-refractivity contribution in [2.24, 2.45) is 35.5 Å². The summed E-state index contributed by atoms with van der Waals surface area (Å²) in [6.45, 7) is 4.96. The van der Waals surface area contributed by atoms with E-state index in [1.165, 1.54) is 155 Å². The smallest absolute Gasteiger partial charge is 0.378 e. The van der Waals surface area contributed by atoms with Crippen molar-refractivity contribution in [3.8, 4) is 28.8 Å². The summed E-state index contributed by atoms with van der Waals surface area (Å²) in [4.78, 5) is 2.66. The van der Waals surface area contributed by atoms with Crippen molar-refractivity contribution in [1.82, 2.24) is 4.57 Å². The van der Waals surface area contributed by atoms with E-state index in [0.29, 0.717) is 0 Å². The second-order valence-electron chi connectivity index (χ2n) is 23.8. The number of fused-ring (bicyclic) bond motifs is 8. The van der Waals surface area contributed by atoms with Gasteiger partial charge in [0.25, 0.3) is 11.5 Å². The topological polar surface area (TPSA) is 25.2 Å². The highest BCUT2D eigenvalue weighted by Gasteiger charge is 2.74. The molecule has 5 heteroatoms. The molecule has 8 heterocycles. The molecule has 0 radical (unpaired) electrons. The first kappa shape index (κ1) is 33.1. The number of pyridine rings is 2. The van der Waals surface area contributed by atoms with Crippen LogP contribution in [0.3, 0.4) is 0 Å². The zero-order valence-electron chi connectivity index (χ0n) is 36.4. The molecule has 0 amide bonds. The lowest BCUT2D eigenvalue weighted by Gasteiger charge is -2.57. The van der Waals surface area contributed by atoms with E-state index in [1.54, 1.807) is 11.1 Å². The molecule has 8 bridgehead atoms. The van der Waals surface area contributed by atoms with Crippen LogP contribution in [0, 0.1) is 35.5 Å². The molecule has 20 rings (SSSR count). The van der Waals surface area contributed by atoms with E-state index >= 15 is 0 Å². The van der Waals surface area contributed by atoms with Gasteiger partial charge in [0.05, 0.1) is 23.1 Å². The zero-order chi connectivity index (χ0) is 40.7. The fourth-order valence-electron chi connectivity index (χ4n) is 19.0. The highest BCUT2D eigenvalue weighted by molar-refractivity contribution is 6.14. The number of rotatable bonds is 2. The number of ether oxygens (including phenoxy) is 1. The quantitative estimate of drug-likeness (QED) is 0.162. The van der Waals surface area contributed by atoms with E-state index in [9.17, 15) is 0 Å². The molecule has 4 aromatic carbocycles. The molecule has 5 nitrogen and oxygen atoms in total. The van der Waals surface area contributed by atoms with Gasteiger partial charge in [0.15, 0.2) is 11.3 Å². The van der Waals surface area contributed by atoms with Crippen molar-refractivity contribution >= 4 is 38.9 Å². The molecule has 1 unspecified atom stereocenters. The number of para-hydroxylation sites is 2. The van der Waals surface area contributed by atoms with Gasteiger partial charge in [0.1, 0.15) is 16.6 Å². The van der Waals surface area contributed by atoms with Gasteiger partial charge in [-0.25, -0.2) is 0 Å². The summed E-state index contributed by atoms with van der Waals surface area (Å²) in [5.41, 5.74) is 17.7. The first-order chi connectivity index (χ1) is 30.8. The maximum absolute atomic E-state index is 7.56. The third-order valence-corrected chi connectivity index (χ3v) is 20.3. The summed E-state index contributed by atoms with van der Waals surface area (Å²) in [6, 6.07) is 39.1. The van der Waals surface area contributed by atoms with Crippen LogP contribution >= 0.6 is 0 Å². The van der Waals surface area contributed by atoms with E-state index in [0.717, 1.165) is 47.1 Å². The lowest BCUT2D eigenvalue weighted by molar-refractivity contribution is -0.938. The van der Waals surface area contributed by atoms with E-state index in [1.807, 2.05) is 0 Å². The lowest BCUT2D eigenvalue weighted by atomic mass is 9.48. The molecule has 3 aromatic heterocycles. The molecule has 5 aliphatic heterocycles. The molecule has 8 fully saturated rings. The Morgan fingerprint density at radius 2 is 1.16 bits per heavy atom. The zero-order valence-corrected chi connectivity index (χ0v) is 36.4. The summed E-state index contributed by atoms with van der Waals surface area (Å²) in [5, 5.41) is 2.73. The Hall–Kier alpha value is -5.42. The summed E-state index contributed by atoms with van der Waals surface area (Å²) < 4.78 is 15.9. The molecular formula is C58H52N4O+2. The van der Waals surface area contributed by atoms with Gasteiger partial charge >= 0.3 is 11.5 Å². The number of hydrogen-bond donors (Lipinski definition) is 0. The van der Waals surface area contributed by atoms with Crippen molar-refractivity contribution in [3.63, 3.8) is 0 Å². The molecule has 63 heavy (non-hydrogen) atoms. The van der Waals surface area contributed by atoms with E-state index < -0.39 is 5.66 Å². The van der Waals surface area contributed by atoms with Gasteiger partial charge in [-0.3, -0.25) is 0 Å². The van der Waals surface area contributed by atoms with Crippen molar-refractivity contribution in [1.29, 1.82) is 0 Å². The Morgan fingerprint density at radius 3 is 1.86 bits per heavy atom. The van der Waals surface area contributed by atoms with Gasteiger partial charge < -0.3 is 9.64 Å². The Balaban J connectivity index is 1.05. The van der Waals surface area contributed by atoms with E-state index in [4.69, 9.17) is 4.74 Å². The molecule has 308 valence electrons. The van der Waals surface area contributed by atoms with Crippen molar-refractivity contribution in [2.45, 2.75) is 113 Å². The number of aromatic nitrogens is 3. The lowest BCUT2D eigenvalue weighted by Crippen LogP contribution is -2.75. The third-order valence-electron chi connectivity index (χ3n) is 20.3. The minimum absolute atomic E-state index is 0.222. The highest BCUT2D eigenvalue weighted by Crippen LogP contribution is 2.68. The maximum Gasteiger partial charge on any atom is 0.378 e. The van der Waals surface area contributed by atoms with E-state index in [-0.39, 0.29) is 16.2 Å². The predicted octanol–water partition coefficient (Wildman–Crippen LogP) is 12.4. The van der Waals surface area contributed by atoms with Gasteiger partial charge in [-0.15, -0.1) is 9.13 Å². The van der Waals surface area contributed by atoms with Crippen LogP contribution in [0.2, 0.25) is 0 Å². The van der Waals surface area contributed by atoms with Crippen LogP contribution in [0.15, 0.2) is 97.1 Å². The molecule has 13 aliphatic rings. The van der Waals surface area contributed by atoms with Crippen molar-refractivity contribution in [3.05, 3.63) is 130 Å². The number of anilines is 3. The summed E-state index contributed by atoms with van der Waals surface area (Å²) >= 11 is 0. The second kappa shape index (κ2) is 10.1. The van der Waals surface area contributed by atoms with Crippen LogP contribution in [0.5, 0.6) is 11.6 Å². The van der Waals surface area contributed by atoms with Crippen LogP contribution in [0.1, 0.15) is 124 Å². The predicted molar refractivity (Wildman–Crippen MR) is 245 cm³/mol. The van der Waals surface area contributed by atoms with Crippen molar-refractivity contribution < 1.29 is 13.9 Å². The fraction of sp³-hybridized carbons (Fsp3) is 0.414. The van der Waals surface area contributed by atoms with Gasteiger partial charge in [0.2, 0.25) is 5.69 Å². The Bertz CT molecular complexity index is 3330. The third kappa shape index (κ3) is 3.46. The van der Waals surface area contributed by atoms with Crippen LogP contribution in [-0.2, 0) is 21.9 Å². The molecule has 8 saturated carbocycles. The first-order valence-corrected chi connectivity index (χ1v) is 24.8. The molecule has 7 aromatic rings. The minimum atomic E-state index is -0.660. The maximum atomic E-state index is 7.56. The van der Waals surface area contributed by atoms with Crippen LogP contribution in [0.25, 0.3) is 39.0 Å². The van der Waals surface area contributed by atoms with Crippen LogP contribution in [-0.4, -0.2) is 4.57 Å². The molecule has 8 aliphatic carbocycles. The first-order valence-electron chi connectivity index (χ1n) is 24.8. The summed E-state index contributed by atoms with van der Waals surface area (Å²) in [5.74, 6) is 8.65. The van der Waals surface area contributed by atoms with Gasteiger partial charge in [-0.2, -0.15) is 4.57 Å².